The molecule has 0 radical (unpaired) electrons. The highest BCUT2D eigenvalue weighted by Gasteiger charge is 2.15. The monoisotopic (exact) mass is 248 g/mol. The number of hydrogen-bond donors (Lipinski definition) is 1. The second kappa shape index (κ2) is 4.65. The number of nitro benzene ring substituents is 1. The van der Waals surface area contributed by atoms with Crippen molar-refractivity contribution in [2.45, 2.75) is 13.0 Å². The van der Waals surface area contributed by atoms with Gasteiger partial charge in [-0.25, -0.2) is 0 Å². The van der Waals surface area contributed by atoms with Crippen LogP contribution >= 0.6 is 11.3 Å². The molecule has 17 heavy (non-hydrogen) atoms. The topological polar surface area (TPSA) is 69.2 Å². The Bertz CT molecular complexity index is 537. The molecule has 0 spiro atoms. The van der Waals surface area contributed by atoms with Crippen LogP contribution in [0.25, 0.3) is 0 Å². The van der Waals surface area contributed by atoms with Gasteiger partial charge in [-0.05, 0) is 34.9 Å². The molecule has 0 saturated carbocycles. The maximum Gasteiger partial charge on any atom is 0.272 e. The predicted molar refractivity (Wildman–Crippen MR) is 68.2 cm³/mol. The smallest absolute Gasteiger partial charge is 0.272 e. The molecule has 0 saturated heterocycles. The van der Waals surface area contributed by atoms with E-state index in [-0.39, 0.29) is 16.7 Å². The van der Waals surface area contributed by atoms with Crippen molar-refractivity contribution < 1.29 is 4.92 Å². The number of aryl methyl sites for hydroxylation is 1. The maximum absolute atomic E-state index is 10.8. The fraction of sp³-hybridized carbons (Fsp3) is 0.167. The van der Waals surface area contributed by atoms with E-state index in [1.807, 2.05) is 22.9 Å². The number of nitro groups is 1. The lowest BCUT2D eigenvalue weighted by Crippen LogP contribution is -2.11. The van der Waals surface area contributed by atoms with Gasteiger partial charge in [0.2, 0.25) is 0 Å². The molecule has 1 aromatic heterocycles. The molecule has 1 atom stereocenters. The molecule has 88 valence electrons. The molecular weight excluding hydrogens is 236 g/mol. The zero-order valence-corrected chi connectivity index (χ0v) is 10.1. The average molecular weight is 248 g/mol. The SMILES string of the molecule is Cc1ccc([C@@H](N)c2ccsc2)cc1[N+](=O)[O-]. The molecule has 2 rings (SSSR count). The van der Waals surface area contributed by atoms with E-state index in [1.165, 1.54) is 0 Å². The highest BCUT2D eigenvalue weighted by Crippen LogP contribution is 2.26. The minimum atomic E-state index is -0.376. The first-order valence-electron chi connectivity index (χ1n) is 5.12. The van der Waals surface area contributed by atoms with Crippen LogP contribution in [-0.2, 0) is 0 Å². The summed E-state index contributed by atoms with van der Waals surface area (Å²) in [6.45, 7) is 1.72. The molecule has 0 amide bonds. The minimum Gasteiger partial charge on any atom is -0.320 e. The van der Waals surface area contributed by atoms with E-state index < -0.39 is 0 Å². The Kier molecular flexibility index (Phi) is 3.21. The Morgan fingerprint density at radius 3 is 2.71 bits per heavy atom. The van der Waals surface area contributed by atoms with Crippen LogP contribution in [0.3, 0.4) is 0 Å². The first kappa shape index (κ1) is 11.8. The molecule has 1 aromatic carbocycles. The van der Waals surface area contributed by atoms with Crippen LogP contribution in [0.15, 0.2) is 35.0 Å². The van der Waals surface area contributed by atoms with Crippen molar-refractivity contribution in [1.82, 2.24) is 0 Å². The van der Waals surface area contributed by atoms with Gasteiger partial charge in [0.25, 0.3) is 5.69 Å². The number of thiophene rings is 1. The largest absolute Gasteiger partial charge is 0.320 e. The molecule has 5 heteroatoms. The fourth-order valence-corrected chi connectivity index (χ4v) is 2.36. The number of nitrogens with two attached hydrogens (primary N) is 1. The zero-order valence-electron chi connectivity index (χ0n) is 9.29. The summed E-state index contributed by atoms with van der Waals surface area (Å²) in [7, 11) is 0. The van der Waals surface area contributed by atoms with Crippen molar-refractivity contribution in [3.63, 3.8) is 0 Å². The van der Waals surface area contributed by atoms with Crippen molar-refractivity contribution >= 4 is 17.0 Å². The summed E-state index contributed by atoms with van der Waals surface area (Å²) >= 11 is 1.56. The second-order valence-corrected chi connectivity index (χ2v) is 4.62. The van der Waals surface area contributed by atoms with E-state index >= 15 is 0 Å². The fourth-order valence-electron chi connectivity index (χ4n) is 1.66. The maximum atomic E-state index is 10.8. The first-order valence-corrected chi connectivity index (χ1v) is 6.06. The molecule has 0 unspecified atom stereocenters. The van der Waals surface area contributed by atoms with Gasteiger partial charge in [0.05, 0.1) is 11.0 Å². The number of hydrogen-bond acceptors (Lipinski definition) is 4. The third kappa shape index (κ3) is 2.35. The highest BCUT2D eigenvalue weighted by atomic mass is 32.1. The molecular formula is C12H12N2O2S. The molecule has 0 aliphatic carbocycles. The van der Waals surface area contributed by atoms with Gasteiger partial charge in [-0.2, -0.15) is 11.3 Å². The van der Waals surface area contributed by atoms with Crippen molar-refractivity contribution in [3.05, 3.63) is 61.8 Å². The van der Waals surface area contributed by atoms with Crippen molar-refractivity contribution in [3.8, 4) is 0 Å². The standard InChI is InChI=1S/C12H12N2O2S/c1-8-2-3-9(6-11(8)14(15)16)12(13)10-4-5-17-7-10/h2-7,12H,13H2,1H3/t12-/m1/s1. The van der Waals surface area contributed by atoms with Crippen LogP contribution in [0.4, 0.5) is 5.69 Å². The van der Waals surface area contributed by atoms with Gasteiger partial charge in [0, 0.05) is 11.6 Å². The van der Waals surface area contributed by atoms with Gasteiger partial charge in [0.15, 0.2) is 0 Å². The summed E-state index contributed by atoms with van der Waals surface area (Å²) in [5, 5.41) is 14.7. The average Bonchev–Trinajstić information content (AvgIpc) is 2.81. The van der Waals surface area contributed by atoms with E-state index in [9.17, 15) is 10.1 Å². The van der Waals surface area contributed by atoms with E-state index in [2.05, 4.69) is 0 Å². The van der Waals surface area contributed by atoms with E-state index in [0.717, 1.165) is 11.1 Å². The van der Waals surface area contributed by atoms with Gasteiger partial charge in [-0.15, -0.1) is 0 Å². The number of rotatable bonds is 3. The molecule has 2 aromatic rings. The predicted octanol–water partition coefficient (Wildman–Crippen LogP) is 3.01. The van der Waals surface area contributed by atoms with E-state index in [0.29, 0.717) is 5.56 Å². The van der Waals surface area contributed by atoms with Crippen LogP contribution in [0, 0.1) is 17.0 Å². The lowest BCUT2D eigenvalue weighted by Gasteiger charge is -2.10. The molecule has 1 heterocycles. The Morgan fingerprint density at radius 2 is 2.12 bits per heavy atom. The molecule has 0 bridgehead atoms. The Balaban J connectivity index is 2.40. The van der Waals surface area contributed by atoms with Gasteiger partial charge in [-0.3, -0.25) is 10.1 Å². The van der Waals surface area contributed by atoms with Crippen LogP contribution in [0.2, 0.25) is 0 Å². The van der Waals surface area contributed by atoms with Crippen LogP contribution in [-0.4, -0.2) is 4.92 Å². The Hall–Kier alpha value is -1.72. The lowest BCUT2D eigenvalue weighted by atomic mass is 10.00. The van der Waals surface area contributed by atoms with Crippen LogP contribution in [0.1, 0.15) is 22.7 Å². The molecule has 2 N–H and O–H groups in total. The van der Waals surface area contributed by atoms with Crippen molar-refractivity contribution in [2.75, 3.05) is 0 Å². The van der Waals surface area contributed by atoms with Gasteiger partial charge >= 0.3 is 0 Å². The van der Waals surface area contributed by atoms with Crippen molar-refractivity contribution in [1.29, 1.82) is 0 Å². The quantitative estimate of drug-likeness (QED) is 0.670. The molecule has 0 fully saturated rings. The lowest BCUT2D eigenvalue weighted by molar-refractivity contribution is -0.385. The molecule has 4 nitrogen and oxygen atoms in total. The third-order valence-corrected chi connectivity index (χ3v) is 3.39. The summed E-state index contributed by atoms with van der Waals surface area (Å²) in [5.74, 6) is 0. The van der Waals surface area contributed by atoms with Crippen molar-refractivity contribution in [2.24, 2.45) is 5.73 Å². The summed E-state index contributed by atoms with van der Waals surface area (Å²) in [6.07, 6.45) is 0. The summed E-state index contributed by atoms with van der Waals surface area (Å²) in [5.41, 5.74) is 8.58. The van der Waals surface area contributed by atoms with E-state index in [1.54, 1.807) is 30.4 Å². The minimum absolute atomic E-state index is 0.119. The Morgan fingerprint density at radius 1 is 1.35 bits per heavy atom. The second-order valence-electron chi connectivity index (χ2n) is 3.84. The van der Waals surface area contributed by atoms with E-state index in [4.69, 9.17) is 5.73 Å². The first-order chi connectivity index (χ1) is 8.09. The van der Waals surface area contributed by atoms with Crippen LogP contribution < -0.4 is 5.73 Å². The summed E-state index contributed by atoms with van der Waals surface area (Å²) < 4.78 is 0. The number of benzene rings is 1. The van der Waals surface area contributed by atoms with Crippen LogP contribution in [0.5, 0.6) is 0 Å². The third-order valence-electron chi connectivity index (χ3n) is 2.69. The Labute approximate surface area is 103 Å². The number of nitrogens with zero attached hydrogens (tertiary/aromatic N) is 1. The van der Waals surface area contributed by atoms with Gasteiger partial charge in [-0.1, -0.05) is 12.1 Å². The summed E-state index contributed by atoms with van der Waals surface area (Å²) in [6, 6.07) is 6.75. The van der Waals surface area contributed by atoms with Gasteiger partial charge < -0.3 is 5.73 Å². The summed E-state index contributed by atoms with van der Waals surface area (Å²) in [4.78, 5) is 10.5. The van der Waals surface area contributed by atoms with Gasteiger partial charge in [0.1, 0.15) is 0 Å². The highest BCUT2D eigenvalue weighted by molar-refractivity contribution is 7.08. The zero-order chi connectivity index (χ0) is 12.4. The molecule has 0 aliphatic rings. The normalized spacial score (nSPS) is 12.4. The molecule has 0 aliphatic heterocycles.